The van der Waals surface area contributed by atoms with Crippen LogP contribution in [0.3, 0.4) is 0 Å². The van der Waals surface area contributed by atoms with E-state index in [9.17, 15) is 0 Å². The van der Waals surface area contributed by atoms with E-state index in [4.69, 9.17) is 0 Å². The Balaban J connectivity index is -0.000000125. The van der Waals surface area contributed by atoms with Crippen LogP contribution in [-0.4, -0.2) is 0 Å². The predicted octanol–water partition coefficient (Wildman–Crippen LogP) is -5.68. The van der Waals surface area contributed by atoms with Crippen molar-refractivity contribution >= 4 is 0 Å². The van der Waals surface area contributed by atoms with Gasteiger partial charge < -0.3 is 37.2 Å². The van der Waals surface area contributed by atoms with Gasteiger partial charge in [0.15, 0.2) is 0 Å². The molecular formula is C10H16Cl3Hf-3. The van der Waals surface area contributed by atoms with E-state index in [1.54, 1.807) is 11.1 Å². The number of hydrogen-bond donors (Lipinski definition) is 0. The van der Waals surface area contributed by atoms with Crippen molar-refractivity contribution in [1.29, 1.82) is 0 Å². The van der Waals surface area contributed by atoms with Gasteiger partial charge in [-0.15, -0.1) is 0 Å². The Hall–Kier alpha value is 1.22. The summed E-state index contributed by atoms with van der Waals surface area (Å²) < 4.78 is 0. The molecule has 0 bridgehead atoms. The molecule has 0 saturated heterocycles. The quantitative estimate of drug-likeness (QED) is 0.343. The molecule has 0 N–H and O–H groups in total. The van der Waals surface area contributed by atoms with Gasteiger partial charge in [-0.2, -0.15) is 0 Å². The van der Waals surface area contributed by atoms with Gasteiger partial charge in [0.1, 0.15) is 0 Å². The summed E-state index contributed by atoms with van der Waals surface area (Å²) in [4.78, 5) is 0. The van der Waals surface area contributed by atoms with Crippen molar-refractivity contribution in [3.63, 3.8) is 0 Å². The van der Waals surface area contributed by atoms with Gasteiger partial charge in [0.05, 0.1) is 0 Å². The van der Waals surface area contributed by atoms with Crippen LogP contribution >= 0.6 is 0 Å². The molecular weight excluding hydrogens is 405 g/mol. The van der Waals surface area contributed by atoms with E-state index in [1.165, 1.54) is 11.1 Å². The number of halogens is 3. The zero-order chi connectivity index (χ0) is 7.89. The zero-order valence-electron chi connectivity index (χ0n) is 9.21. The summed E-state index contributed by atoms with van der Waals surface area (Å²) in [6.45, 7) is 11.2. The van der Waals surface area contributed by atoms with Crippen LogP contribution in [0.25, 0.3) is 0 Å². The molecule has 0 aromatic carbocycles. The Bertz CT molecular complexity index is 208. The summed E-state index contributed by atoms with van der Waals surface area (Å²) in [6.07, 6.45) is 0. The van der Waals surface area contributed by atoms with Crippen molar-refractivity contribution < 1.29 is 63.1 Å². The third kappa shape index (κ3) is 4.38. The molecule has 0 unspecified atom stereocenters. The fourth-order valence-electron chi connectivity index (χ4n) is 1.57. The molecule has 0 spiro atoms. The van der Waals surface area contributed by atoms with E-state index in [0.29, 0.717) is 5.92 Å². The van der Waals surface area contributed by atoms with Crippen LogP contribution < -0.4 is 37.2 Å². The third-order valence-electron chi connectivity index (χ3n) is 3.04. The molecule has 84 valence electrons. The summed E-state index contributed by atoms with van der Waals surface area (Å²) in [5.41, 5.74) is 6.11. The van der Waals surface area contributed by atoms with Gasteiger partial charge in [-0.25, -0.2) is 0 Å². The molecule has 1 aliphatic rings. The molecule has 0 heterocycles. The Morgan fingerprint density at radius 2 is 0.929 bits per heavy atom. The van der Waals surface area contributed by atoms with E-state index in [1.807, 2.05) is 0 Å². The molecule has 0 aliphatic heterocycles. The fraction of sp³-hybridized carbons (Fsp3) is 0.600. The van der Waals surface area contributed by atoms with Crippen molar-refractivity contribution in [2.45, 2.75) is 34.6 Å². The molecule has 1 aliphatic carbocycles. The summed E-state index contributed by atoms with van der Waals surface area (Å²) in [6, 6.07) is 0. The van der Waals surface area contributed by atoms with E-state index in [2.05, 4.69) is 34.6 Å². The first-order valence-electron chi connectivity index (χ1n) is 3.90. The first-order chi connectivity index (χ1) is 4.55. The van der Waals surface area contributed by atoms with Crippen molar-refractivity contribution in [2.24, 2.45) is 5.92 Å². The number of allylic oxidation sites excluding steroid dienone is 4. The Labute approximate surface area is 125 Å². The maximum Gasteiger partial charge on any atom is 0 e. The van der Waals surface area contributed by atoms with Crippen LogP contribution in [-0.2, 0) is 25.8 Å². The van der Waals surface area contributed by atoms with Crippen LogP contribution in [0, 0.1) is 5.92 Å². The topological polar surface area (TPSA) is 0 Å². The monoisotopic (exact) mass is 421 g/mol. The maximum absolute atomic E-state index is 2.28. The minimum Gasteiger partial charge on any atom is -1.00 e. The molecule has 0 amide bonds. The standard InChI is InChI=1S/C10H16.3ClH.Hf/c1-6-7(2)9(4)10(5)8(6)3;;;;/h6H,1-5H3;3*1H;/p-3. The van der Waals surface area contributed by atoms with Gasteiger partial charge >= 0.3 is 0 Å². The van der Waals surface area contributed by atoms with Crippen molar-refractivity contribution in [1.82, 2.24) is 0 Å². The fourth-order valence-corrected chi connectivity index (χ4v) is 1.57. The van der Waals surface area contributed by atoms with Gasteiger partial charge in [0, 0.05) is 25.8 Å². The molecule has 0 atom stereocenters. The second kappa shape index (κ2) is 9.45. The van der Waals surface area contributed by atoms with E-state index in [-0.39, 0.29) is 63.1 Å². The molecule has 0 nitrogen and oxygen atoms in total. The van der Waals surface area contributed by atoms with Crippen LogP contribution in [0.1, 0.15) is 34.6 Å². The van der Waals surface area contributed by atoms with Crippen molar-refractivity contribution in [2.75, 3.05) is 0 Å². The number of rotatable bonds is 0. The predicted molar refractivity (Wildman–Crippen MR) is 45.9 cm³/mol. The molecule has 0 aromatic heterocycles. The smallest absolute Gasteiger partial charge is 0 e. The van der Waals surface area contributed by atoms with Crippen LogP contribution in [0.2, 0.25) is 0 Å². The van der Waals surface area contributed by atoms with E-state index < -0.39 is 0 Å². The average Bonchev–Trinajstić information content (AvgIpc) is 2.07. The summed E-state index contributed by atoms with van der Waals surface area (Å²) in [5, 5.41) is 0. The normalized spacial score (nSPS) is 15.2. The van der Waals surface area contributed by atoms with Crippen molar-refractivity contribution in [3.8, 4) is 0 Å². The van der Waals surface area contributed by atoms with Gasteiger partial charge in [-0.05, 0) is 44.8 Å². The average molecular weight is 421 g/mol. The minimum atomic E-state index is 0. The van der Waals surface area contributed by atoms with Crippen LogP contribution in [0.4, 0.5) is 0 Å². The Kier molecular flexibility index (Phi) is 16.5. The van der Waals surface area contributed by atoms with Gasteiger partial charge in [-0.1, -0.05) is 18.1 Å². The van der Waals surface area contributed by atoms with Crippen molar-refractivity contribution in [3.05, 3.63) is 22.3 Å². The van der Waals surface area contributed by atoms with E-state index >= 15 is 0 Å². The minimum absolute atomic E-state index is 0. The first kappa shape index (κ1) is 24.4. The van der Waals surface area contributed by atoms with Gasteiger partial charge in [0.2, 0.25) is 0 Å². The first-order valence-corrected chi connectivity index (χ1v) is 3.90. The van der Waals surface area contributed by atoms with Gasteiger partial charge in [0.25, 0.3) is 0 Å². The summed E-state index contributed by atoms with van der Waals surface area (Å²) in [7, 11) is 0. The molecule has 1 rings (SSSR count). The Morgan fingerprint density at radius 1 is 0.714 bits per heavy atom. The third-order valence-corrected chi connectivity index (χ3v) is 3.04. The molecule has 14 heavy (non-hydrogen) atoms. The molecule has 4 heteroatoms. The molecule has 0 aromatic rings. The molecule has 0 radical (unpaired) electrons. The van der Waals surface area contributed by atoms with Crippen LogP contribution in [0.5, 0.6) is 0 Å². The molecule has 0 fully saturated rings. The van der Waals surface area contributed by atoms with E-state index in [0.717, 1.165) is 0 Å². The van der Waals surface area contributed by atoms with Gasteiger partial charge in [-0.3, -0.25) is 0 Å². The second-order valence-corrected chi connectivity index (χ2v) is 3.34. The maximum atomic E-state index is 2.28. The van der Waals surface area contributed by atoms with Crippen LogP contribution in [0.15, 0.2) is 22.3 Å². The largest absolute Gasteiger partial charge is 1.00 e. The summed E-state index contributed by atoms with van der Waals surface area (Å²) >= 11 is 0. The second-order valence-electron chi connectivity index (χ2n) is 3.34. The Morgan fingerprint density at radius 3 is 1.00 bits per heavy atom. The molecule has 0 saturated carbocycles. The SMILES string of the molecule is CC1=C(C)C(C)C(C)=C1C.[Cl-].[Cl-].[Cl-].[Hf]. The summed E-state index contributed by atoms with van der Waals surface area (Å²) in [5.74, 6) is 0.694. The number of hydrogen-bond acceptors (Lipinski definition) is 0. The zero-order valence-corrected chi connectivity index (χ0v) is 15.1.